The highest BCUT2D eigenvalue weighted by Crippen LogP contribution is 2.44. The number of amides is 2. The number of aromatic amines is 1. The molecule has 1 N–H and O–H groups in total. The van der Waals surface area contributed by atoms with Crippen LogP contribution in [0.5, 0.6) is 11.5 Å². The molecule has 172 valence electrons. The van der Waals surface area contributed by atoms with Gasteiger partial charge in [0.25, 0.3) is 0 Å². The average Bonchev–Trinajstić information content (AvgIpc) is 3.34. The summed E-state index contributed by atoms with van der Waals surface area (Å²) in [6.45, 7) is -0.172. The lowest BCUT2D eigenvalue weighted by molar-refractivity contribution is 0.251. The Kier molecular flexibility index (Phi) is 5.08. The number of aromatic nitrogens is 2. The van der Waals surface area contributed by atoms with Crippen molar-refractivity contribution in [2.75, 3.05) is 24.0 Å². The fourth-order valence-corrected chi connectivity index (χ4v) is 4.08. The number of carbonyl (C=O) groups excluding carboxylic acids is 1. The fraction of sp³-hybridized carbons (Fsp3) is 0.130. The van der Waals surface area contributed by atoms with Gasteiger partial charge in [0, 0.05) is 29.4 Å². The number of nitroso groups, excluding NO2 is 1. The molecular weight excluding hydrogens is 448 g/mol. The van der Waals surface area contributed by atoms with Crippen LogP contribution in [0.3, 0.4) is 0 Å². The van der Waals surface area contributed by atoms with E-state index in [1.54, 1.807) is 24.4 Å². The average molecular weight is 465 g/mol. The van der Waals surface area contributed by atoms with Crippen molar-refractivity contribution < 1.29 is 23.0 Å². The van der Waals surface area contributed by atoms with Crippen LogP contribution in [0.4, 0.5) is 36.3 Å². The van der Waals surface area contributed by atoms with Gasteiger partial charge in [-0.3, -0.25) is 9.80 Å². The maximum absolute atomic E-state index is 15.3. The summed E-state index contributed by atoms with van der Waals surface area (Å²) in [7, 11) is 2.45. The van der Waals surface area contributed by atoms with E-state index < -0.39 is 23.4 Å². The molecule has 2 amide bonds. The van der Waals surface area contributed by atoms with Gasteiger partial charge < -0.3 is 14.5 Å². The second-order valence-electron chi connectivity index (χ2n) is 7.44. The molecule has 0 aliphatic carbocycles. The molecule has 2 aromatic carbocycles. The van der Waals surface area contributed by atoms with Crippen LogP contribution in [0, 0.1) is 16.5 Å². The molecule has 0 radical (unpaired) electrons. The summed E-state index contributed by atoms with van der Waals surface area (Å²) in [6, 6.07) is 8.11. The second kappa shape index (κ2) is 8.10. The summed E-state index contributed by atoms with van der Waals surface area (Å²) in [4.78, 5) is 34.6. The lowest BCUT2D eigenvalue weighted by atomic mass is 10.1. The van der Waals surface area contributed by atoms with E-state index in [1.165, 1.54) is 37.4 Å². The van der Waals surface area contributed by atoms with Gasteiger partial charge in [-0.2, -0.15) is 0 Å². The van der Waals surface area contributed by atoms with Gasteiger partial charge in [-0.1, -0.05) is 6.07 Å². The van der Waals surface area contributed by atoms with Gasteiger partial charge in [-0.05, 0) is 29.4 Å². The van der Waals surface area contributed by atoms with Crippen molar-refractivity contribution in [2.24, 2.45) is 5.18 Å². The third-order valence-electron chi connectivity index (χ3n) is 5.62. The quantitative estimate of drug-likeness (QED) is 0.391. The largest absolute Gasteiger partial charge is 0.493 e. The van der Waals surface area contributed by atoms with Gasteiger partial charge in [0.15, 0.2) is 23.1 Å². The summed E-state index contributed by atoms with van der Waals surface area (Å²) in [5.74, 6) is -2.69. The summed E-state index contributed by atoms with van der Waals surface area (Å²) in [5, 5.41) is 3.56. The number of nitrogens with zero attached hydrogens (tertiary/aromatic N) is 4. The standard InChI is InChI=1S/C23H17F2N5O4/c1-33-16-9-17(34-2)19(25)21(18(16)24)29-11-12-10-27-22-15(6-7-26-22)20(12)30(23(29)31)14-5-3-4-13(8-14)28-32/h3-10H,11H2,1-2H3,(H,26,27). The number of hydrogen-bond donors (Lipinski definition) is 1. The van der Waals surface area contributed by atoms with Crippen LogP contribution in [0.25, 0.3) is 11.0 Å². The number of fused-ring (bicyclic) bond motifs is 3. The first kappa shape index (κ1) is 21.3. The van der Waals surface area contributed by atoms with Crippen LogP contribution < -0.4 is 19.3 Å². The predicted octanol–water partition coefficient (Wildman–Crippen LogP) is 5.53. The Balaban J connectivity index is 1.78. The number of urea groups is 1. The zero-order chi connectivity index (χ0) is 24.0. The summed E-state index contributed by atoms with van der Waals surface area (Å²) in [6.07, 6.45) is 3.19. The minimum Gasteiger partial charge on any atom is -0.493 e. The molecule has 0 saturated carbocycles. The number of benzene rings is 2. The van der Waals surface area contributed by atoms with E-state index in [4.69, 9.17) is 9.47 Å². The topological polar surface area (TPSA) is 100 Å². The Morgan fingerprint density at radius 3 is 2.47 bits per heavy atom. The highest BCUT2D eigenvalue weighted by Gasteiger charge is 2.38. The third kappa shape index (κ3) is 3.12. The molecule has 0 spiro atoms. The van der Waals surface area contributed by atoms with Gasteiger partial charge >= 0.3 is 6.03 Å². The molecule has 0 unspecified atom stereocenters. The number of hydrogen-bond acceptors (Lipinski definition) is 6. The zero-order valence-corrected chi connectivity index (χ0v) is 18.0. The molecule has 34 heavy (non-hydrogen) atoms. The summed E-state index contributed by atoms with van der Waals surface area (Å²) < 4.78 is 40.7. The number of halogens is 2. The molecule has 9 nitrogen and oxygen atoms in total. The number of anilines is 3. The number of pyridine rings is 1. The summed E-state index contributed by atoms with van der Waals surface area (Å²) >= 11 is 0. The van der Waals surface area contributed by atoms with E-state index in [2.05, 4.69) is 15.1 Å². The van der Waals surface area contributed by atoms with Gasteiger partial charge in [0.05, 0.1) is 32.1 Å². The molecule has 4 aromatic rings. The van der Waals surface area contributed by atoms with E-state index in [0.717, 1.165) is 11.0 Å². The van der Waals surface area contributed by atoms with E-state index in [9.17, 15) is 9.70 Å². The first-order valence-corrected chi connectivity index (χ1v) is 10.1. The number of nitrogens with one attached hydrogen (secondary N) is 1. The maximum Gasteiger partial charge on any atom is 0.334 e. The van der Waals surface area contributed by atoms with Gasteiger partial charge in [-0.15, -0.1) is 4.91 Å². The SMILES string of the molecule is COc1cc(OC)c(F)c(N2Cc3cnc4[nH]ccc4c3N(c3cccc(N=O)c3)C2=O)c1F. The van der Waals surface area contributed by atoms with Crippen molar-refractivity contribution in [3.05, 3.63) is 70.9 Å². The minimum atomic E-state index is -1.06. The maximum atomic E-state index is 15.3. The molecule has 5 rings (SSSR count). The van der Waals surface area contributed by atoms with Crippen LogP contribution in [0.2, 0.25) is 0 Å². The molecule has 0 fully saturated rings. The minimum absolute atomic E-state index is 0.0868. The highest BCUT2D eigenvalue weighted by molar-refractivity contribution is 6.15. The van der Waals surface area contributed by atoms with Crippen molar-refractivity contribution in [1.82, 2.24) is 9.97 Å². The Hall–Kier alpha value is -4.54. The molecule has 0 atom stereocenters. The molecule has 0 saturated heterocycles. The van der Waals surface area contributed by atoms with Crippen molar-refractivity contribution in [1.29, 1.82) is 0 Å². The van der Waals surface area contributed by atoms with Crippen molar-refractivity contribution in [3.8, 4) is 11.5 Å². The zero-order valence-electron chi connectivity index (χ0n) is 18.0. The van der Waals surface area contributed by atoms with Crippen LogP contribution >= 0.6 is 0 Å². The number of methoxy groups -OCH3 is 2. The summed E-state index contributed by atoms with van der Waals surface area (Å²) in [5.41, 5.74) is 1.27. The van der Waals surface area contributed by atoms with E-state index in [1.807, 2.05) is 0 Å². The first-order chi connectivity index (χ1) is 16.5. The fourth-order valence-electron chi connectivity index (χ4n) is 4.08. The number of carbonyl (C=O) groups is 1. The monoisotopic (exact) mass is 465 g/mol. The van der Waals surface area contributed by atoms with Crippen molar-refractivity contribution in [2.45, 2.75) is 6.54 Å². The highest BCUT2D eigenvalue weighted by atomic mass is 19.1. The normalized spacial score (nSPS) is 13.2. The molecular formula is C23H17F2N5O4. The Labute approximate surface area is 191 Å². The Morgan fingerprint density at radius 2 is 1.79 bits per heavy atom. The van der Waals surface area contributed by atoms with Gasteiger partial charge in [-0.25, -0.2) is 18.6 Å². The van der Waals surface area contributed by atoms with E-state index in [0.29, 0.717) is 22.3 Å². The first-order valence-electron chi connectivity index (χ1n) is 10.1. The Bertz CT molecular complexity index is 1430. The molecule has 0 bridgehead atoms. The molecule has 1 aliphatic rings. The van der Waals surface area contributed by atoms with E-state index >= 15 is 8.78 Å². The smallest absolute Gasteiger partial charge is 0.334 e. The Morgan fingerprint density at radius 1 is 1.06 bits per heavy atom. The van der Waals surface area contributed by atoms with Gasteiger partial charge in [0.2, 0.25) is 0 Å². The van der Waals surface area contributed by atoms with Gasteiger partial charge in [0.1, 0.15) is 17.0 Å². The lowest BCUT2D eigenvalue weighted by Crippen LogP contribution is -2.46. The van der Waals surface area contributed by atoms with Crippen LogP contribution in [0.15, 0.2) is 54.0 Å². The lowest BCUT2D eigenvalue weighted by Gasteiger charge is -2.37. The third-order valence-corrected chi connectivity index (χ3v) is 5.62. The van der Waals surface area contributed by atoms with E-state index in [-0.39, 0.29) is 29.4 Å². The number of H-pyrrole nitrogens is 1. The van der Waals surface area contributed by atoms with Crippen LogP contribution in [-0.4, -0.2) is 30.2 Å². The molecule has 3 heterocycles. The molecule has 11 heteroatoms. The molecule has 2 aromatic heterocycles. The van der Waals surface area contributed by atoms with Crippen molar-refractivity contribution >= 4 is 39.8 Å². The second-order valence-corrected chi connectivity index (χ2v) is 7.44. The molecule has 1 aliphatic heterocycles. The van der Waals surface area contributed by atoms with Crippen molar-refractivity contribution in [3.63, 3.8) is 0 Å². The predicted molar refractivity (Wildman–Crippen MR) is 121 cm³/mol. The van der Waals surface area contributed by atoms with Crippen LogP contribution in [0.1, 0.15) is 5.56 Å². The van der Waals surface area contributed by atoms with Crippen LogP contribution in [-0.2, 0) is 6.54 Å². The number of rotatable bonds is 5. The number of ether oxygens (including phenoxy) is 2.